The Morgan fingerprint density at radius 3 is 2.52 bits per heavy atom. The van der Waals surface area contributed by atoms with Crippen LogP contribution in [-0.4, -0.2) is 26.9 Å². The van der Waals surface area contributed by atoms with E-state index in [1.165, 1.54) is 12.5 Å². The van der Waals surface area contributed by atoms with Gasteiger partial charge in [-0.15, -0.1) is 0 Å². The zero-order valence-corrected chi connectivity index (χ0v) is 16.0. The predicted octanol–water partition coefficient (Wildman–Crippen LogP) is 2.94. The summed E-state index contributed by atoms with van der Waals surface area (Å²) in [5, 5.41) is 3.09. The Hall–Kier alpha value is -1.66. The van der Waals surface area contributed by atoms with Crippen molar-refractivity contribution in [2.45, 2.75) is 51.0 Å². The monoisotopic (exact) mass is 364 g/mol. The molecule has 2 N–H and O–H groups in total. The highest BCUT2D eigenvalue weighted by Gasteiger charge is 2.27. The first-order valence-corrected chi connectivity index (χ1v) is 10.4. The van der Waals surface area contributed by atoms with Crippen LogP contribution in [0.2, 0.25) is 0 Å². The van der Waals surface area contributed by atoms with Crippen LogP contribution in [0.15, 0.2) is 35.2 Å². The third-order valence-electron chi connectivity index (χ3n) is 4.99. The normalized spacial score (nSPS) is 24.4. The van der Waals surface area contributed by atoms with E-state index in [-0.39, 0.29) is 16.8 Å². The average molecular weight is 365 g/mol. The van der Waals surface area contributed by atoms with Crippen LogP contribution < -0.4 is 10.0 Å². The summed E-state index contributed by atoms with van der Waals surface area (Å²) in [5.41, 5.74) is 0.788. The van der Waals surface area contributed by atoms with Crippen LogP contribution in [0, 0.1) is 11.8 Å². The molecule has 1 saturated carbocycles. The molecule has 0 aliphatic heterocycles. The van der Waals surface area contributed by atoms with Gasteiger partial charge >= 0.3 is 0 Å². The van der Waals surface area contributed by atoms with Crippen LogP contribution in [0.25, 0.3) is 6.08 Å². The first-order valence-electron chi connectivity index (χ1n) is 8.91. The number of rotatable bonds is 6. The van der Waals surface area contributed by atoms with E-state index >= 15 is 0 Å². The lowest BCUT2D eigenvalue weighted by Crippen LogP contribution is -2.43. The van der Waals surface area contributed by atoms with Crippen molar-refractivity contribution in [1.82, 2.24) is 10.0 Å². The molecule has 1 fully saturated rings. The van der Waals surface area contributed by atoms with Gasteiger partial charge in [0.05, 0.1) is 4.90 Å². The second-order valence-corrected chi connectivity index (χ2v) is 8.55. The van der Waals surface area contributed by atoms with Crippen LogP contribution in [0.5, 0.6) is 0 Å². The Morgan fingerprint density at radius 1 is 1.20 bits per heavy atom. The van der Waals surface area contributed by atoms with Crippen molar-refractivity contribution in [3.63, 3.8) is 0 Å². The summed E-state index contributed by atoms with van der Waals surface area (Å²) in [6.45, 7) is 6.52. The van der Waals surface area contributed by atoms with E-state index < -0.39 is 10.0 Å². The first kappa shape index (κ1) is 19.7. The average Bonchev–Trinajstić information content (AvgIpc) is 2.57. The maximum absolute atomic E-state index is 12.1. The van der Waals surface area contributed by atoms with Gasteiger partial charge in [-0.2, -0.15) is 0 Å². The van der Waals surface area contributed by atoms with E-state index in [4.69, 9.17) is 0 Å². The molecule has 25 heavy (non-hydrogen) atoms. The maximum atomic E-state index is 12.1. The third-order valence-corrected chi connectivity index (χ3v) is 6.55. The molecule has 1 amide bonds. The van der Waals surface area contributed by atoms with Crippen molar-refractivity contribution >= 4 is 22.0 Å². The summed E-state index contributed by atoms with van der Waals surface area (Å²) in [4.78, 5) is 12.4. The molecule has 1 aliphatic carbocycles. The molecule has 3 unspecified atom stereocenters. The van der Waals surface area contributed by atoms with Gasteiger partial charge in [-0.1, -0.05) is 45.7 Å². The molecule has 0 spiro atoms. The molecule has 0 aromatic heterocycles. The molecule has 1 aromatic rings. The number of sulfonamides is 1. The van der Waals surface area contributed by atoms with Crippen LogP contribution >= 0.6 is 0 Å². The van der Waals surface area contributed by atoms with Gasteiger partial charge in [-0.3, -0.25) is 4.79 Å². The van der Waals surface area contributed by atoms with Crippen molar-refractivity contribution < 1.29 is 13.2 Å². The Morgan fingerprint density at radius 2 is 1.88 bits per heavy atom. The van der Waals surface area contributed by atoms with Crippen molar-refractivity contribution in [3.05, 3.63) is 35.9 Å². The minimum Gasteiger partial charge on any atom is -0.350 e. The van der Waals surface area contributed by atoms with E-state index in [2.05, 4.69) is 23.9 Å². The van der Waals surface area contributed by atoms with Crippen LogP contribution in [0.1, 0.15) is 45.6 Å². The highest BCUT2D eigenvalue weighted by atomic mass is 32.2. The Kier molecular flexibility index (Phi) is 6.79. The molecule has 3 atom stereocenters. The number of benzene rings is 1. The minimum absolute atomic E-state index is 0.102. The SMILES string of the molecule is CCNS(=O)(=O)c1ccc(/C=C/C(=O)NC2CCCC(C)C2C)cc1. The summed E-state index contributed by atoms with van der Waals surface area (Å²) >= 11 is 0. The lowest BCUT2D eigenvalue weighted by Gasteiger charge is -2.34. The molecule has 6 heteroatoms. The molecule has 1 aromatic carbocycles. The number of carbonyl (C=O) groups excluding carboxylic acids is 1. The molecule has 0 bridgehead atoms. The maximum Gasteiger partial charge on any atom is 0.244 e. The van der Waals surface area contributed by atoms with Crippen LogP contribution in [0.3, 0.4) is 0 Å². The number of carbonyl (C=O) groups is 1. The number of nitrogens with one attached hydrogen (secondary N) is 2. The fourth-order valence-electron chi connectivity index (χ4n) is 3.22. The molecule has 138 valence electrons. The van der Waals surface area contributed by atoms with Crippen molar-refractivity contribution in [3.8, 4) is 0 Å². The minimum atomic E-state index is -3.44. The highest BCUT2D eigenvalue weighted by Crippen LogP contribution is 2.29. The summed E-state index contributed by atoms with van der Waals surface area (Å²) in [6, 6.07) is 6.70. The zero-order valence-electron chi connectivity index (χ0n) is 15.2. The summed E-state index contributed by atoms with van der Waals surface area (Å²) in [5.74, 6) is 1.02. The second-order valence-electron chi connectivity index (χ2n) is 6.79. The quantitative estimate of drug-likeness (QED) is 0.762. The van der Waals surface area contributed by atoms with Gasteiger partial charge < -0.3 is 5.32 Å². The smallest absolute Gasteiger partial charge is 0.244 e. The summed E-state index contributed by atoms with van der Waals surface area (Å²) in [7, 11) is -3.44. The Balaban J connectivity index is 1.96. The molecule has 0 radical (unpaired) electrons. The Bertz CT molecular complexity index is 711. The Labute approximate surface area is 151 Å². The zero-order chi connectivity index (χ0) is 18.4. The van der Waals surface area contributed by atoms with Gasteiger partial charge in [-0.25, -0.2) is 13.1 Å². The van der Waals surface area contributed by atoms with Crippen molar-refractivity contribution in [2.75, 3.05) is 6.54 Å². The van der Waals surface area contributed by atoms with E-state index in [1.807, 2.05) is 0 Å². The molecule has 1 aliphatic rings. The number of hydrogen-bond donors (Lipinski definition) is 2. The molecular formula is C19H28N2O3S. The molecule has 0 saturated heterocycles. The van der Waals surface area contributed by atoms with Gasteiger partial charge in [0.25, 0.3) is 0 Å². The number of amides is 1. The highest BCUT2D eigenvalue weighted by molar-refractivity contribution is 7.89. The van der Waals surface area contributed by atoms with Gasteiger partial charge in [0.2, 0.25) is 15.9 Å². The predicted molar refractivity (Wildman–Crippen MR) is 100 cm³/mol. The standard InChI is InChI=1S/C19H28N2O3S/c1-4-20-25(23,24)17-11-8-16(9-12-17)10-13-19(22)21-18-7-5-6-14(2)15(18)3/h8-15,18,20H,4-7H2,1-3H3,(H,21,22)/b13-10+. The lowest BCUT2D eigenvalue weighted by molar-refractivity contribution is -0.117. The number of hydrogen-bond acceptors (Lipinski definition) is 3. The fraction of sp³-hybridized carbons (Fsp3) is 0.526. The molecular weight excluding hydrogens is 336 g/mol. The third kappa shape index (κ3) is 5.41. The lowest BCUT2D eigenvalue weighted by atomic mass is 9.78. The van der Waals surface area contributed by atoms with E-state index in [0.29, 0.717) is 18.4 Å². The topological polar surface area (TPSA) is 75.3 Å². The van der Waals surface area contributed by atoms with Crippen molar-refractivity contribution in [1.29, 1.82) is 0 Å². The van der Waals surface area contributed by atoms with Gasteiger partial charge in [0.1, 0.15) is 0 Å². The van der Waals surface area contributed by atoms with Gasteiger partial charge in [-0.05, 0) is 42.0 Å². The van der Waals surface area contributed by atoms with Crippen molar-refractivity contribution in [2.24, 2.45) is 11.8 Å². The van der Waals surface area contributed by atoms with E-state index in [0.717, 1.165) is 18.4 Å². The molecule has 0 heterocycles. The van der Waals surface area contributed by atoms with Gasteiger partial charge in [0, 0.05) is 18.7 Å². The van der Waals surface area contributed by atoms with Crippen LogP contribution in [-0.2, 0) is 14.8 Å². The molecule has 5 nitrogen and oxygen atoms in total. The first-order chi connectivity index (χ1) is 11.8. The second kappa shape index (κ2) is 8.63. The molecule has 2 rings (SSSR count). The van der Waals surface area contributed by atoms with Crippen LogP contribution in [0.4, 0.5) is 0 Å². The summed E-state index contributed by atoms with van der Waals surface area (Å²) < 4.78 is 26.2. The largest absolute Gasteiger partial charge is 0.350 e. The van der Waals surface area contributed by atoms with E-state index in [1.54, 1.807) is 37.3 Å². The van der Waals surface area contributed by atoms with E-state index in [9.17, 15) is 13.2 Å². The van der Waals surface area contributed by atoms with Gasteiger partial charge in [0.15, 0.2) is 0 Å². The summed E-state index contributed by atoms with van der Waals surface area (Å²) in [6.07, 6.45) is 6.63. The fourth-order valence-corrected chi connectivity index (χ4v) is 4.26.